The number of rotatable bonds is 4. The summed E-state index contributed by atoms with van der Waals surface area (Å²) in [5.74, 6) is 0.643. The summed E-state index contributed by atoms with van der Waals surface area (Å²) in [5.41, 5.74) is 0.950. The van der Waals surface area contributed by atoms with Crippen molar-refractivity contribution in [2.45, 2.75) is 26.3 Å². The third-order valence-electron chi connectivity index (χ3n) is 3.12. The molecular formula is C15H16N4S. The number of anilines is 1. The third-order valence-corrected chi connectivity index (χ3v) is 4.45. The molecule has 0 bridgehead atoms. The van der Waals surface area contributed by atoms with Crippen molar-refractivity contribution in [3.8, 4) is 0 Å². The summed E-state index contributed by atoms with van der Waals surface area (Å²) < 4.78 is 0. The molecule has 1 N–H and O–H groups in total. The summed E-state index contributed by atoms with van der Waals surface area (Å²) >= 11 is 1.73. The first-order valence-electron chi connectivity index (χ1n) is 6.69. The number of hydrogen-bond acceptors (Lipinski definition) is 5. The summed E-state index contributed by atoms with van der Waals surface area (Å²) in [6.45, 7) is 4.22. The minimum Gasteiger partial charge on any atom is -0.345 e. The SMILES string of the molecule is CCc1cnc(C(C)Nc2ncc3ccccc3n2)s1. The topological polar surface area (TPSA) is 50.7 Å². The first-order valence-corrected chi connectivity index (χ1v) is 7.51. The van der Waals surface area contributed by atoms with E-state index < -0.39 is 0 Å². The van der Waals surface area contributed by atoms with Gasteiger partial charge in [0.25, 0.3) is 0 Å². The fourth-order valence-electron chi connectivity index (χ4n) is 1.98. The summed E-state index contributed by atoms with van der Waals surface area (Å²) in [6.07, 6.45) is 4.81. The lowest BCUT2D eigenvalue weighted by atomic mass is 10.2. The molecule has 1 aromatic carbocycles. The quantitative estimate of drug-likeness (QED) is 0.791. The van der Waals surface area contributed by atoms with Crippen LogP contribution in [0.2, 0.25) is 0 Å². The Hall–Kier alpha value is -2.01. The smallest absolute Gasteiger partial charge is 0.223 e. The highest BCUT2D eigenvalue weighted by molar-refractivity contribution is 7.11. The number of thiazole rings is 1. The van der Waals surface area contributed by atoms with Gasteiger partial charge in [-0.1, -0.05) is 25.1 Å². The second-order valence-electron chi connectivity index (χ2n) is 4.64. The molecule has 0 spiro atoms. The van der Waals surface area contributed by atoms with Crippen LogP contribution in [-0.2, 0) is 6.42 Å². The Morgan fingerprint density at radius 1 is 1.20 bits per heavy atom. The number of hydrogen-bond donors (Lipinski definition) is 1. The Labute approximate surface area is 121 Å². The monoisotopic (exact) mass is 284 g/mol. The lowest BCUT2D eigenvalue weighted by molar-refractivity contribution is 0.851. The molecule has 4 nitrogen and oxygen atoms in total. The maximum atomic E-state index is 4.52. The molecule has 3 aromatic rings. The van der Waals surface area contributed by atoms with Crippen LogP contribution in [0.1, 0.15) is 29.8 Å². The van der Waals surface area contributed by atoms with Gasteiger partial charge in [-0.05, 0) is 19.4 Å². The zero-order chi connectivity index (χ0) is 13.9. The van der Waals surface area contributed by atoms with Gasteiger partial charge in [-0.3, -0.25) is 0 Å². The van der Waals surface area contributed by atoms with Crippen LogP contribution in [0.25, 0.3) is 10.9 Å². The predicted molar refractivity (Wildman–Crippen MR) is 83.1 cm³/mol. The van der Waals surface area contributed by atoms with Crippen LogP contribution in [0.15, 0.2) is 36.7 Å². The van der Waals surface area contributed by atoms with Crippen molar-refractivity contribution in [2.75, 3.05) is 5.32 Å². The highest BCUT2D eigenvalue weighted by Gasteiger charge is 2.11. The number of para-hydroxylation sites is 1. The van der Waals surface area contributed by atoms with Crippen molar-refractivity contribution in [1.82, 2.24) is 15.0 Å². The minimum absolute atomic E-state index is 0.112. The minimum atomic E-state index is 0.112. The van der Waals surface area contributed by atoms with Crippen LogP contribution >= 0.6 is 11.3 Å². The largest absolute Gasteiger partial charge is 0.345 e. The van der Waals surface area contributed by atoms with Gasteiger partial charge in [-0.15, -0.1) is 11.3 Å². The van der Waals surface area contributed by atoms with E-state index in [1.165, 1.54) is 4.88 Å². The maximum Gasteiger partial charge on any atom is 0.223 e. The maximum absolute atomic E-state index is 4.52. The molecule has 3 rings (SSSR count). The number of aromatic nitrogens is 3. The van der Waals surface area contributed by atoms with E-state index in [4.69, 9.17) is 0 Å². The fourth-order valence-corrected chi connectivity index (χ4v) is 2.84. The van der Waals surface area contributed by atoms with Crippen LogP contribution in [0.3, 0.4) is 0 Å². The first kappa shape index (κ1) is 13.0. The first-order chi connectivity index (χ1) is 9.76. The Morgan fingerprint density at radius 2 is 2.05 bits per heavy atom. The second-order valence-corrected chi connectivity index (χ2v) is 5.78. The van der Waals surface area contributed by atoms with Gasteiger partial charge in [0.1, 0.15) is 5.01 Å². The summed E-state index contributed by atoms with van der Waals surface area (Å²) in [5, 5.41) is 5.43. The zero-order valence-corrected chi connectivity index (χ0v) is 12.3. The molecule has 0 saturated carbocycles. The van der Waals surface area contributed by atoms with E-state index in [1.54, 1.807) is 11.3 Å². The number of nitrogens with one attached hydrogen (secondary N) is 1. The molecule has 20 heavy (non-hydrogen) atoms. The van der Waals surface area contributed by atoms with Gasteiger partial charge in [-0.2, -0.15) is 0 Å². The van der Waals surface area contributed by atoms with Crippen LogP contribution < -0.4 is 5.32 Å². The molecular weight excluding hydrogens is 268 g/mol. The summed E-state index contributed by atoms with van der Waals surface area (Å²) in [7, 11) is 0. The molecule has 1 unspecified atom stereocenters. The molecule has 0 fully saturated rings. The number of fused-ring (bicyclic) bond motifs is 1. The van der Waals surface area contributed by atoms with Gasteiger partial charge in [0.05, 0.1) is 11.6 Å². The zero-order valence-electron chi connectivity index (χ0n) is 11.5. The predicted octanol–water partition coefficient (Wildman–Crippen LogP) is 3.82. The molecule has 0 amide bonds. The second kappa shape index (κ2) is 5.54. The lowest BCUT2D eigenvalue weighted by Crippen LogP contribution is -2.08. The van der Waals surface area contributed by atoms with E-state index in [9.17, 15) is 0 Å². The molecule has 0 saturated heterocycles. The van der Waals surface area contributed by atoms with E-state index in [-0.39, 0.29) is 6.04 Å². The molecule has 102 valence electrons. The van der Waals surface area contributed by atoms with E-state index in [2.05, 4.69) is 34.1 Å². The van der Waals surface area contributed by atoms with E-state index >= 15 is 0 Å². The molecule has 1 atom stereocenters. The van der Waals surface area contributed by atoms with E-state index in [0.717, 1.165) is 22.3 Å². The average molecular weight is 284 g/mol. The average Bonchev–Trinajstić information content (AvgIpc) is 2.96. The highest BCUT2D eigenvalue weighted by atomic mass is 32.1. The molecule has 2 aromatic heterocycles. The van der Waals surface area contributed by atoms with Gasteiger partial charge < -0.3 is 5.32 Å². The van der Waals surface area contributed by atoms with Gasteiger partial charge >= 0.3 is 0 Å². The lowest BCUT2D eigenvalue weighted by Gasteiger charge is -2.11. The summed E-state index contributed by atoms with van der Waals surface area (Å²) in [4.78, 5) is 14.6. The molecule has 0 aliphatic heterocycles. The van der Waals surface area contributed by atoms with Crippen LogP contribution in [-0.4, -0.2) is 15.0 Å². The normalized spacial score (nSPS) is 12.5. The van der Waals surface area contributed by atoms with E-state index in [0.29, 0.717) is 5.95 Å². The van der Waals surface area contributed by atoms with Crippen molar-refractivity contribution >= 4 is 28.2 Å². The Kier molecular flexibility index (Phi) is 3.60. The van der Waals surface area contributed by atoms with Gasteiger partial charge in [0.2, 0.25) is 5.95 Å². The van der Waals surface area contributed by atoms with Crippen LogP contribution in [0, 0.1) is 0 Å². The number of aryl methyl sites for hydroxylation is 1. The third kappa shape index (κ3) is 2.63. The van der Waals surface area contributed by atoms with Crippen molar-refractivity contribution in [3.05, 3.63) is 46.5 Å². The van der Waals surface area contributed by atoms with Crippen LogP contribution in [0.5, 0.6) is 0 Å². The molecule has 0 radical (unpaired) electrons. The number of nitrogens with zero attached hydrogens (tertiary/aromatic N) is 3. The van der Waals surface area contributed by atoms with Gasteiger partial charge in [0, 0.05) is 22.7 Å². The van der Waals surface area contributed by atoms with Crippen molar-refractivity contribution < 1.29 is 0 Å². The van der Waals surface area contributed by atoms with Crippen LogP contribution in [0.4, 0.5) is 5.95 Å². The molecule has 0 aliphatic carbocycles. The van der Waals surface area contributed by atoms with E-state index in [1.807, 2.05) is 36.7 Å². The van der Waals surface area contributed by atoms with Crippen molar-refractivity contribution in [3.63, 3.8) is 0 Å². The highest BCUT2D eigenvalue weighted by Crippen LogP contribution is 2.23. The molecule has 2 heterocycles. The standard InChI is InChI=1S/C15H16N4S/c1-3-12-9-16-14(20-12)10(2)18-15-17-8-11-6-4-5-7-13(11)19-15/h4-10H,3H2,1-2H3,(H,17,18,19). The molecule has 0 aliphatic rings. The Morgan fingerprint density at radius 3 is 2.85 bits per heavy atom. The van der Waals surface area contributed by atoms with Crippen molar-refractivity contribution in [2.24, 2.45) is 0 Å². The molecule has 5 heteroatoms. The van der Waals surface area contributed by atoms with Gasteiger partial charge in [0.15, 0.2) is 0 Å². The summed E-state index contributed by atoms with van der Waals surface area (Å²) in [6, 6.07) is 8.09. The fraction of sp³-hybridized carbons (Fsp3) is 0.267. The Bertz CT molecular complexity index is 722. The van der Waals surface area contributed by atoms with Gasteiger partial charge in [-0.25, -0.2) is 15.0 Å². The Balaban J connectivity index is 1.81. The number of benzene rings is 1. The van der Waals surface area contributed by atoms with Crippen molar-refractivity contribution in [1.29, 1.82) is 0 Å².